The first-order valence-electron chi connectivity index (χ1n) is 9.06. The second-order valence-electron chi connectivity index (χ2n) is 6.48. The van der Waals surface area contributed by atoms with E-state index in [4.69, 9.17) is 0 Å². The lowest BCUT2D eigenvalue weighted by Gasteiger charge is -2.42. The van der Waals surface area contributed by atoms with E-state index in [1.54, 1.807) is 17.5 Å². The molecule has 3 heterocycles. The molecule has 140 valence electrons. The van der Waals surface area contributed by atoms with Gasteiger partial charge in [-0.1, -0.05) is 0 Å². The topological polar surface area (TPSA) is 68.7 Å². The van der Waals surface area contributed by atoms with Gasteiger partial charge in [0.15, 0.2) is 0 Å². The van der Waals surface area contributed by atoms with Gasteiger partial charge in [0.25, 0.3) is 5.91 Å². The van der Waals surface area contributed by atoms with E-state index in [0.717, 1.165) is 38.4 Å². The lowest BCUT2D eigenvalue weighted by atomic mass is 10.1. The fourth-order valence-corrected chi connectivity index (χ4v) is 3.98. The number of aliphatic hydroxyl groups is 1. The van der Waals surface area contributed by atoms with Crippen molar-refractivity contribution in [3.63, 3.8) is 0 Å². The number of thiophene rings is 1. The fourth-order valence-electron chi connectivity index (χ4n) is 3.32. The standard InChI is InChI=1S/C19H26N4O2S/c1-2-20-19(25)16-3-4-18(21-11-16)23-8-7-22(17(13-23)5-9-24)12-15-6-10-26-14-15/h3-4,6,10-11,14,17,24H,2,5,7-9,12-13H2,1H3,(H,20,25)/t17-/m0/s1. The number of carbonyl (C=O) groups excluding carboxylic acids is 1. The Kier molecular flexibility index (Phi) is 6.60. The molecular formula is C19H26N4O2S. The summed E-state index contributed by atoms with van der Waals surface area (Å²) in [5.41, 5.74) is 1.91. The van der Waals surface area contributed by atoms with E-state index >= 15 is 0 Å². The van der Waals surface area contributed by atoms with Crippen LogP contribution in [0.25, 0.3) is 0 Å². The molecule has 0 aromatic carbocycles. The molecule has 2 aromatic rings. The molecule has 1 aliphatic heterocycles. The lowest BCUT2D eigenvalue weighted by molar-refractivity contribution is 0.0955. The van der Waals surface area contributed by atoms with Crippen LogP contribution >= 0.6 is 11.3 Å². The van der Waals surface area contributed by atoms with Gasteiger partial charge >= 0.3 is 0 Å². The Balaban J connectivity index is 1.65. The van der Waals surface area contributed by atoms with Crippen molar-refractivity contribution in [3.05, 3.63) is 46.3 Å². The third kappa shape index (κ3) is 4.60. The number of rotatable bonds is 7. The molecule has 26 heavy (non-hydrogen) atoms. The molecule has 7 heteroatoms. The van der Waals surface area contributed by atoms with Crippen molar-refractivity contribution in [2.45, 2.75) is 25.9 Å². The second kappa shape index (κ2) is 9.12. The fraction of sp³-hybridized carbons (Fsp3) is 0.474. The number of aliphatic hydroxyl groups excluding tert-OH is 1. The molecule has 0 bridgehead atoms. The number of nitrogens with zero attached hydrogens (tertiary/aromatic N) is 3. The van der Waals surface area contributed by atoms with Gasteiger partial charge in [0, 0.05) is 51.6 Å². The summed E-state index contributed by atoms with van der Waals surface area (Å²) >= 11 is 1.72. The van der Waals surface area contributed by atoms with Crippen molar-refractivity contribution in [2.75, 3.05) is 37.7 Å². The van der Waals surface area contributed by atoms with Gasteiger partial charge < -0.3 is 15.3 Å². The minimum Gasteiger partial charge on any atom is -0.396 e. The average Bonchev–Trinajstić information content (AvgIpc) is 3.17. The SMILES string of the molecule is CCNC(=O)c1ccc(N2CCN(Cc3ccsc3)[C@@H](CCO)C2)nc1. The highest BCUT2D eigenvalue weighted by Gasteiger charge is 2.27. The molecule has 2 N–H and O–H groups in total. The highest BCUT2D eigenvalue weighted by molar-refractivity contribution is 7.07. The zero-order valence-electron chi connectivity index (χ0n) is 15.1. The minimum atomic E-state index is -0.0923. The first-order chi connectivity index (χ1) is 12.7. The minimum absolute atomic E-state index is 0.0923. The largest absolute Gasteiger partial charge is 0.396 e. The second-order valence-corrected chi connectivity index (χ2v) is 7.26. The van der Waals surface area contributed by atoms with E-state index in [1.165, 1.54) is 5.56 Å². The van der Waals surface area contributed by atoms with Gasteiger partial charge in [-0.15, -0.1) is 0 Å². The van der Waals surface area contributed by atoms with Gasteiger partial charge in [-0.2, -0.15) is 11.3 Å². The molecule has 3 rings (SSSR count). The van der Waals surface area contributed by atoms with Crippen molar-refractivity contribution in [3.8, 4) is 0 Å². The summed E-state index contributed by atoms with van der Waals surface area (Å²) in [6, 6.07) is 6.19. The van der Waals surface area contributed by atoms with Crippen LogP contribution in [0, 0.1) is 0 Å². The summed E-state index contributed by atoms with van der Waals surface area (Å²) in [5, 5.41) is 16.5. The Labute approximate surface area is 158 Å². The number of pyridine rings is 1. The molecule has 1 amide bonds. The molecule has 2 aromatic heterocycles. The lowest BCUT2D eigenvalue weighted by Crippen LogP contribution is -2.53. The van der Waals surface area contributed by atoms with Crippen molar-refractivity contribution in [1.82, 2.24) is 15.2 Å². The van der Waals surface area contributed by atoms with Gasteiger partial charge in [-0.25, -0.2) is 4.98 Å². The van der Waals surface area contributed by atoms with Crippen LogP contribution in [0.4, 0.5) is 5.82 Å². The molecule has 1 fully saturated rings. The van der Waals surface area contributed by atoms with Gasteiger partial charge in [0.05, 0.1) is 5.56 Å². The van der Waals surface area contributed by atoms with Gasteiger partial charge in [0.2, 0.25) is 0 Å². The van der Waals surface area contributed by atoms with Crippen LogP contribution in [0.5, 0.6) is 0 Å². The van der Waals surface area contributed by atoms with Crippen molar-refractivity contribution >= 4 is 23.1 Å². The van der Waals surface area contributed by atoms with Crippen molar-refractivity contribution in [1.29, 1.82) is 0 Å². The van der Waals surface area contributed by atoms with Gasteiger partial charge in [-0.05, 0) is 47.9 Å². The first-order valence-corrected chi connectivity index (χ1v) is 10.0. The summed E-state index contributed by atoms with van der Waals surface area (Å²) in [6.45, 7) is 6.26. The molecule has 0 aliphatic carbocycles. The molecule has 1 saturated heterocycles. The van der Waals surface area contributed by atoms with Crippen molar-refractivity contribution < 1.29 is 9.90 Å². The van der Waals surface area contributed by atoms with Crippen molar-refractivity contribution in [2.24, 2.45) is 0 Å². The Bertz CT molecular complexity index is 690. The Hall–Kier alpha value is -1.96. The number of carbonyl (C=O) groups is 1. The maximum absolute atomic E-state index is 11.9. The van der Waals surface area contributed by atoms with Crippen LogP contribution in [-0.2, 0) is 6.54 Å². The zero-order valence-corrected chi connectivity index (χ0v) is 15.9. The van der Waals surface area contributed by atoms with Gasteiger partial charge in [-0.3, -0.25) is 9.69 Å². The monoisotopic (exact) mass is 374 g/mol. The molecular weight excluding hydrogens is 348 g/mol. The number of piperazine rings is 1. The third-order valence-electron chi connectivity index (χ3n) is 4.70. The van der Waals surface area contributed by atoms with E-state index < -0.39 is 0 Å². The molecule has 0 spiro atoms. The smallest absolute Gasteiger partial charge is 0.252 e. The molecule has 0 unspecified atom stereocenters. The van der Waals surface area contributed by atoms with E-state index in [9.17, 15) is 9.90 Å². The highest BCUT2D eigenvalue weighted by atomic mass is 32.1. The Morgan fingerprint density at radius 3 is 2.92 bits per heavy atom. The Morgan fingerprint density at radius 1 is 1.38 bits per heavy atom. The molecule has 1 aliphatic rings. The summed E-state index contributed by atoms with van der Waals surface area (Å²) < 4.78 is 0. The summed E-state index contributed by atoms with van der Waals surface area (Å²) in [7, 11) is 0. The van der Waals surface area contributed by atoms with Crippen LogP contribution in [0.3, 0.4) is 0 Å². The number of aromatic nitrogens is 1. The molecule has 6 nitrogen and oxygen atoms in total. The summed E-state index contributed by atoms with van der Waals surface area (Å²) in [5.74, 6) is 0.793. The maximum atomic E-state index is 11.9. The third-order valence-corrected chi connectivity index (χ3v) is 5.44. The van der Waals surface area contributed by atoms with Crippen LogP contribution in [0.1, 0.15) is 29.3 Å². The summed E-state index contributed by atoms with van der Waals surface area (Å²) in [6.07, 6.45) is 2.39. The van der Waals surface area contributed by atoms with E-state index in [0.29, 0.717) is 18.2 Å². The zero-order chi connectivity index (χ0) is 18.4. The maximum Gasteiger partial charge on any atom is 0.252 e. The van der Waals surface area contributed by atoms with E-state index in [-0.39, 0.29) is 12.5 Å². The quantitative estimate of drug-likeness (QED) is 0.775. The number of hydrogen-bond donors (Lipinski definition) is 2. The number of anilines is 1. The molecule has 1 atom stereocenters. The van der Waals surface area contributed by atoms with Crippen LogP contribution in [0.15, 0.2) is 35.2 Å². The average molecular weight is 375 g/mol. The Morgan fingerprint density at radius 2 is 2.27 bits per heavy atom. The first kappa shape index (κ1) is 18.8. The van der Waals surface area contributed by atoms with E-state index in [1.807, 2.05) is 19.1 Å². The highest BCUT2D eigenvalue weighted by Crippen LogP contribution is 2.21. The number of nitrogens with one attached hydrogen (secondary N) is 1. The normalized spacial score (nSPS) is 18.1. The number of hydrogen-bond acceptors (Lipinski definition) is 6. The van der Waals surface area contributed by atoms with Gasteiger partial charge in [0.1, 0.15) is 5.82 Å². The van der Waals surface area contributed by atoms with Crippen LogP contribution in [-0.4, -0.2) is 59.7 Å². The van der Waals surface area contributed by atoms with E-state index in [2.05, 4.69) is 36.9 Å². The van der Waals surface area contributed by atoms with Crippen LogP contribution < -0.4 is 10.2 Å². The van der Waals surface area contributed by atoms with Crippen LogP contribution in [0.2, 0.25) is 0 Å². The summed E-state index contributed by atoms with van der Waals surface area (Å²) in [4.78, 5) is 21.0. The predicted molar refractivity (Wildman–Crippen MR) is 105 cm³/mol. The molecule has 0 saturated carbocycles. The number of amides is 1. The predicted octanol–water partition coefficient (Wildman–Crippen LogP) is 1.97. The molecule has 0 radical (unpaired) electrons.